The van der Waals surface area contributed by atoms with E-state index in [-0.39, 0.29) is 6.29 Å². The molecule has 0 bridgehead atoms. The third-order valence-corrected chi connectivity index (χ3v) is 0.593. The summed E-state index contributed by atoms with van der Waals surface area (Å²) in [4.78, 5) is 0. The van der Waals surface area contributed by atoms with Crippen molar-refractivity contribution >= 4 is 0 Å². The van der Waals surface area contributed by atoms with Gasteiger partial charge in [0.2, 0.25) is 0 Å². The first-order valence-corrected chi connectivity index (χ1v) is 2.28. The van der Waals surface area contributed by atoms with Crippen molar-refractivity contribution in [3.05, 3.63) is 7.11 Å². The molecular formula is C5H10O2. The third-order valence-electron chi connectivity index (χ3n) is 0.593. The molecule has 0 fully saturated rings. The highest BCUT2D eigenvalue weighted by atomic mass is 16.7. The van der Waals surface area contributed by atoms with E-state index in [1.807, 2.05) is 6.92 Å². The molecule has 0 amide bonds. The van der Waals surface area contributed by atoms with Crippen LogP contribution in [0.1, 0.15) is 13.8 Å². The molecule has 2 radical (unpaired) electrons. The number of rotatable bonds is 3. The van der Waals surface area contributed by atoms with Crippen LogP contribution in [-0.4, -0.2) is 12.9 Å². The van der Waals surface area contributed by atoms with Crippen LogP contribution < -0.4 is 0 Å². The molecular weight excluding hydrogens is 92.1 g/mol. The number of ether oxygens (including phenoxy) is 2. The molecule has 0 aliphatic carbocycles. The molecule has 0 aliphatic heterocycles. The van der Waals surface area contributed by atoms with Gasteiger partial charge in [-0.1, -0.05) is 0 Å². The van der Waals surface area contributed by atoms with Gasteiger partial charge in [-0.05, 0) is 13.8 Å². The topological polar surface area (TPSA) is 18.5 Å². The second-order valence-corrected chi connectivity index (χ2v) is 1.16. The van der Waals surface area contributed by atoms with E-state index in [2.05, 4.69) is 4.74 Å². The van der Waals surface area contributed by atoms with Crippen LogP contribution in [0.5, 0.6) is 0 Å². The third kappa shape index (κ3) is 3.76. The largest absolute Gasteiger partial charge is 0.353 e. The predicted octanol–water partition coefficient (Wildman–Crippen LogP) is 1.05. The zero-order chi connectivity index (χ0) is 5.70. The van der Waals surface area contributed by atoms with Gasteiger partial charge >= 0.3 is 0 Å². The predicted molar refractivity (Wildman–Crippen MR) is 26.5 cm³/mol. The van der Waals surface area contributed by atoms with Crippen LogP contribution in [-0.2, 0) is 9.47 Å². The van der Waals surface area contributed by atoms with Crippen molar-refractivity contribution in [2.75, 3.05) is 6.61 Å². The normalized spacial score (nSPS) is 14.1. The molecule has 42 valence electrons. The summed E-state index contributed by atoms with van der Waals surface area (Å²) in [7, 11) is 4.73. The van der Waals surface area contributed by atoms with Gasteiger partial charge in [0.25, 0.3) is 0 Å². The summed E-state index contributed by atoms with van der Waals surface area (Å²) in [5, 5.41) is 0. The smallest absolute Gasteiger partial charge is 0.155 e. The molecule has 2 nitrogen and oxygen atoms in total. The van der Waals surface area contributed by atoms with Gasteiger partial charge in [-0.3, -0.25) is 0 Å². The van der Waals surface area contributed by atoms with Crippen molar-refractivity contribution in [3.8, 4) is 0 Å². The SMILES string of the molecule is [CH]OC(C)OCC. The van der Waals surface area contributed by atoms with Crippen LogP contribution in [0.4, 0.5) is 0 Å². The Labute approximate surface area is 44.4 Å². The van der Waals surface area contributed by atoms with Crippen molar-refractivity contribution in [3.63, 3.8) is 0 Å². The molecule has 1 unspecified atom stereocenters. The van der Waals surface area contributed by atoms with E-state index in [0.717, 1.165) is 0 Å². The molecule has 1 atom stereocenters. The molecule has 7 heavy (non-hydrogen) atoms. The quantitative estimate of drug-likeness (QED) is 0.496. The molecule has 0 rings (SSSR count). The molecule has 0 N–H and O–H groups in total. The molecule has 0 saturated heterocycles. The molecule has 2 heteroatoms. The summed E-state index contributed by atoms with van der Waals surface area (Å²) < 4.78 is 9.11. The molecule has 0 saturated carbocycles. The fourth-order valence-corrected chi connectivity index (χ4v) is 0.274. The summed E-state index contributed by atoms with van der Waals surface area (Å²) in [6.45, 7) is 4.26. The molecule has 0 spiro atoms. The van der Waals surface area contributed by atoms with Crippen LogP contribution in [0.2, 0.25) is 0 Å². The summed E-state index contributed by atoms with van der Waals surface area (Å²) >= 11 is 0. The molecule has 0 aromatic carbocycles. The Hall–Kier alpha value is -0.0800. The fraction of sp³-hybridized carbons (Fsp3) is 0.800. The minimum Gasteiger partial charge on any atom is -0.353 e. The van der Waals surface area contributed by atoms with Gasteiger partial charge < -0.3 is 9.47 Å². The van der Waals surface area contributed by atoms with Crippen molar-refractivity contribution in [1.82, 2.24) is 0 Å². The van der Waals surface area contributed by atoms with Gasteiger partial charge in [-0.15, -0.1) is 0 Å². The molecule has 0 aromatic rings. The van der Waals surface area contributed by atoms with Gasteiger partial charge in [0.05, 0.1) is 0 Å². The lowest BCUT2D eigenvalue weighted by Gasteiger charge is -2.06. The average Bonchev–Trinajstić information content (AvgIpc) is 1.68. The van der Waals surface area contributed by atoms with Gasteiger partial charge in [0.15, 0.2) is 6.29 Å². The first kappa shape index (κ1) is 6.92. The average molecular weight is 102 g/mol. The van der Waals surface area contributed by atoms with E-state index in [1.54, 1.807) is 6.92 Å². The van der Waals surface area contributed by atoms with E-state index >= 15 is 0 Å². The zero-order valence-electron chi connectivity index (χ0n) is 4.68. The Morgan fingerprint density at radius 1 is 1.71 bits per heavy atom. The van der Waals surface area contributed by atoms with Crippen molar-refractivity contribution in [2.45, 2.75) is 20.1 Å². The maximum absolute atomic E-state index is 4.84. The second-order valence-electron chi connectivity index (χ2n) is 1.16. The minimum absolute atomic E-state index is 0.273. The maximum Gasteiger partial charge on any atom is 0.155 e. The zero-order valence-corrected chi connectivity index (χ0v) is 4.68. The number of hydrogen-bond acceptors (Lipinski definition) is 2. The van der Waals surface area contributed by atoms with E-state index < -0.39 is 0 Å². The molecule has 0 aliphatic rings. The Morgan fingerprint density at radius 2 is 2.29 bits per heavy atom. The Bertz CT molecular complexity index is 37.1. The lowest BCUT2D eigenvalue weighted by Crippen LogP contribution is -2.07. The highest BCUT2D eigenvalue weighted by molar-refractivity contribution is 4.25. The second kappa shape index (κ2) is 4.09. The highest BCUT2D eigenvalue weighted by Gasteiger charge is 1.92. The molecule has 0 aromatic heterocycles. The van der Waals surface area contributed by atoms with Gasteiger partial charge in [0.1, 0.15) is 7.11 Å². The van der Waals surface area contributed by atoms with Crippen molar-refractivity contribution in [1.29, 1.82) is 0 Å². The van der Waals surface area contributed by atoms with Gasteiger partial charge in [-0.25, -0.2) is 0 Å². The van der Waals surface area contributed by atoms with Crippen LogP contribution in [0.15, 0.2) is 0 Å². The van der Waals surface area contributed by atoms with Crippen LogP contribution in [0, 0.1) is 7.11 Å². The summed E-state index contributed by atoms with van der Waals surface area (Å²) in [5.74, 6) is 0. The summed E-state index contributed by atoms with van der Waals surface area (Å²) in [5.41, 5.74) is 0. The maximum atomic E-state index is 4.84. The van der Waals surface area contributed by atoms with E-state index in [1.165, 1.54) is 0 Å². The van der Waals surface area contributed by atoms with E-state index in [0.29, 0.717) is 6.61 Å². The monoisotopic (exact) mass is 102 g/mol. The minimum atomic E-state index is -0.273. The van der Waals surface area contributed by atoms with E-state index in [9.17, 15) is 0 Å². The fourth-order valence-electron chi connectivity index (χ4n) is 0.274. The standard InChI is InChI=1S/C5H10O2/c1-4-7-5(2)6-3/h3,5H,4H2,1-2H3. The Balaban J connectivity index is 2.83. The Kier molecular flexibility index (Phi) is 4.04. The van der Waals surface area contributed by atoms with Crippen LogP contribution in [0.3, 0.4) is 0 Å². The highest BCUT2D eigenvalue weighted by Crippen LogP contribution is 1.88. The van der Waals surface area contributed by atoms with Gasteiger partial charge in [0, 0.05) is 6.61 Å². The number of hydrogen-bond donors (Lipinski definition) is 0. The van der Waals surface area contributed by atoms with Gasteiger partial charge in [-0.2, -0.15) is 0 Å². The van der Waals surface area contributed by atoms with E-state index in [4.69, 9.17) is 11.8 Å². The summed E-state index contributed by atoms with van der Waals surface area (Å²) in [6, 6.07) is 0. The molecule has 0 heterocycles. The summed E-state index contributed by atoms with van der Waals surface area (Å²) in [6.07, 6.45) is -0.273. The van der Waals surface area contributed by atoms with Crippen molar-refractivity contribution in [2.24, 2.45) is 0 Å². The van der Waals surface area contributed by atoms with Crippen LogP contribution in [0.25, 0.3) is 0 Å². The van der Waals surface area contributed by atoms with Crippen molar-refractivity contribution < 1.29 is 9.47 Å². The Morgan fingerprint density at radius 3 is 2.43 bits per heavy atom. The lowest BCUT2D eigenvalue weighted by atomic mass is 10.7. The lowest BCUT2D eigenvalue weighted by molar-refractivity contribution is -0.0910. The first-order chi connectivity index (χ1) is 3.31. The first-order valence-electron chi connectivity index (χ1n) is 2.28. The van der Waals surface area contributed by atoms with Crippen LogP contribution >= 0.6 is 0 Å².